The molecule has 0 bridgehead atoms. The second-order valence-corrected chi connectivity index (χ2v) is 8.88. The van der Waals surface area contributed by atoms with Gasteiger partial charge in [0.05, 0.1) is 10.6 Å². The lowest BCUT2D eigenvalue weighted by atomic mass is 9.99. The van der Waals surface area contributed by atoms with Gasteiger partial charge >= 0.3 is 6.36 Å². The Morgan fingerprint density at radius 2 is 1.84 bits per heavy atom. The zero-order valence-electron chi connectivity index (χ0n) is 17.2. The fraction of sp³-hybridized carbons (Fsp3) is 0.381. The maximum absolute atomic E-state index is 12.9. The highest BCUT2D eigenvalue weighted by Gasteiger charge is 2.31. The monoisotopic (exact) mass is 472 g/mol. The number of carbonyl (C=O) groups is 1. The van der Waals surface area contributed by atoms with Gasteiger partial charge in [-0.3, -0.25) is 9.52 Å². The van der Waals surface area contributed by atoms with Gasteiger partial charge in [0.1, 0.15) is 5.75 Å². The molecular weight excluding hydrogens is 449 g/mol. The molecule has 0 saturated carbocycles. The van der Waals surface area contributed by atoms with Gasteiger partial charge < -0.3 is 14.8 Å². The molecule has 2 aromatic rings. The van der Waals surface area contributed by atoms with Crippen LogP contribution in [0.5, 0.6) is 5.75 Å². The first-order valence-electron chi connectivity index (χ1n) is 9.97. The van der Waals surface area contributed by atoms with Crippen LogP contribution in [0.25, 0.3) is 0 Å². The minimum Gasteiger partial charge on any atom is -0.406 e. The van der Waals surface area contributed by atoms with Gasteiger partial charge in [0, 0.05) is 30.9 Å². The van der Waals surface area contributed by atoms with Gasteiger partial charge in [-0.15, -0.1) is 13.2 Å². The lowest BCUT2D eigenvalue weighted by molar-refractivity contribution is -0.274. The summed E-state index contributed by atoms with van der Waals surface area (Å²) in [5.74, 6) is -0.852. The minimum atomic E-state index is -4.89. The fourth-order valence-corrected chi connectivity index (χ4v) is 4.71. The first-order valence-corrected chi connectivity index (χ1v) is 11.5. The summed E-state index contributed by atoms with van der Waals surface area (Å²) in [6, 6.07) is 8.99. The predicted molar refractivity (Wildman–Crippen MR) is 112 cm³/mol. The van der Waals surface area contributed by atoms with E-state index in [1.54, 1.807) is 13.0 Å². The van der Waals surface area contributed by atoms with Crippen molar-refractivity contribution < 1.29 is 35.9 Å². The number of sulfonamides is 1. The molecule has 32 heavy (non-hydrogen) atoms. The van der Waals surface area contributed by atoms with E-state index in [-0.39, 0.29) is 22.4 Å². The molecule has 1 heterocycles. The molecule has 1 amide bonds. The van der Waals surface area contributed by atoms with Crippen LogP contribution in [0.1, 0.15) is 25.3 Å². The van der Waals surface area contributed by atoms with E-state index in [0.29, 0.717) is 43.7 Å². The molecule has 1 saturated heterocycles. The normalized spacial score (nSPS) is 15.2. The number of ether oxygens (including phenoxy) is 2. The van der Waals surface area contributed by atoms with E-state index in [1.807, 2.05) is 0 Å². The molecule has 11 heteroatoms. The molecule has 0 radical (unpaired) electrons. The van der Waals surface area contributed by atoms with Crippen LogP contribution in [-0.4, -0.2) is 33.9 Å². The van der Waals surface area contributed by atoms with Gasteiger partial charge in [-0.05, 0) is 55.2 Å². The summed E-state index contributed by atoms with van der Waals surface area (Å²) < 4.78 is 74.4. The maximum Gasteiger partial charge on any atom is 0.573 e. The Kier molecular flexibility index (Phi) is 7.29. The molecule has 0 aromatic heterocycles. The molecule has 2 N–H and O–H groups in total. The van der Waals surface area contributed by atoms with Crippen LogP contribution >= 0.6 is 0 Å². The van der Waals surface area contributed by atoms with Crippen LogP contribution in [-0.2, 0) is 26.0 Å². The first-order chi connectivity index (χ1) is 15.1. The molecule has 2 aromatic carbocycles. The zero-order valence-corrected chi connectivity index (χ0v) is 18.1. The Morgan fingerprint density at radius 3 is 2.50 bits per heavy atom. The number of rotatable bonds is 7. The molecule has 0 atom stereocenters. The Balaban J connectivity index is 1.77. The SMILES string of the molecule is CCc1cc(NC(=O)C2CCOCC2)ccc1S(=O)(=O)Nc1cccc(OC(F)(F)F)c1. The van der Waals surface area contributed by atoms with Crippen LogP contribution in [0.15, 0.2) is 47.4 Å². The average molecular weight is 472 g/mol. The molecular formula is C21H23F3N2O5S. The number of aryl methyl sites for hydroxylation is 1. The molecule has 1 aliphatic rings. The third-order valence-corrected chi connectivity index (χ3v) is 6.39. The van der Waals surface area contributed by atoms with E-state index in [4.69, 9.17) is 4.74 Å². The van der Waals surface area contributed by atoms with Gasteiger partial charge in [-0.2, -0.15) is 0 Å². The summed E-state index contributed by atoms with van der Waals surface area (Å²) in [6.45, 7) is 2.81. The van der Waals surface area contributed by atoms with E-state index in [2.05, 4.69) is 14.8 Å². The van der Waals surface area contributed by atoms with E-state index in [0.717, 1.165) is 12.1 Å². The Hall–Kier alpha value is -2.79. The van der Waals surface area contributed by atoms with Crippen LogP contribution in [0.4, 0.5) is 24.5 Å². The zero-order chi connectivity index (χ0) is 23.4. The lowest BCUT2D eigenvalue weighted by Gasteiger charge is -2.21. The number of benzene rings is 2. The largest absolute Gasteiger partial charge is 0.573 e. The highest BCUT2D eigenvalue weighted by molar-refractivity contribution is 7.92. The number of nitrogens with one attached hydrogen (secondary N) is 2. The molecule has 0 aliphatic carbocycles. The van der Waals surface area contributed by atoms with Gasteiger partial charge in [0.15, 0.2) is 0 Å². The Morgan fingerprint density at radius 1 is 1.12 bits per heavy atom. The first kappa shape index (κ1) is 23.9. The van der Waals surface area contributed by atoms with Crippen molar-refractivity contribution in [2.24, 2.45) is 5.92 Å². The van der Waals surface area contributed by atoms with Crippen LogP contribution in [0.2, 0.25) is 0 Å². The molecule has 1 aliphatic heterocycles. The summed E-state index contributed by atoms with van der Waals surface area (Å²) in [7, 11) is -4.10. The van der Waals surface area contributed by atoms with Crippen molar-refractivity contribution in [3.05, 3.63) is 48.0 Å². The molecule has 3 rings (SSSR count). The van der Waals surface area contributed by atoms with E-state index < -0.39 is 22.1 Å². The molecule has 0 unspecified atom stereocenters. The summed E-state index contributed by atoms with van der Waals surface area (Å²) in [5, 5.41) is 2.81. The second kappa shape index (κ2) is 9.78. The number of carbonyl (C=O) groups excluding carboxylic acids is 1. The number of halogens is 3. The second-order valence-electron chi connectivity index (χ2n) is 7.23. The highest BCUT2D eigenvalue weighted by atomic mass is 32.2. The predicted octanol–water partition coefficient (Wildman–Crippen LogP) is 4.31. The number of anilines is 2. The Bertz CT molecular complexity index is 1070. The third kappa shape index (κ3) is 6.36. The number of amides is 1. The van der Waals surface area contributed by atoms with Crippen molar-refractivity contribution in [3.63, 3.8) is 0 Å². The maximum atomic E-state index is 12.9. The quantitative estimate of drug-likeness (QED) is 0.626. The van der Waals surface area contributed by atoms with Crippen LogP contribution in [0, 0.1) is 5.92 Å². The molecule has 0 spiro atoms. The molecule has 174 valence electrons. The van der Waals surface area contributed by atoms with Gasteiger partial charge in [0.2, 0.25) is 5.91 Å². The molecule has 1 fully saturated rings. The van der Waals surface area contributed by atoms with Crippen molar-refractivity contribution in [1.29, 1.82) is 0 Å². The third-order valence-electron chi connectivity index (χ3n) is 4.91. The molecule has 7 nitrogen and oxygen atoms in total. The number of hydrogen-bond donors (Lipinski definition) is 2. The average Bonchev–Trinajstić information content (AvgIpc) is 2.72. The minimum absolute atomic E-state index is 0.0359. The number of alkyl halides is 3. The topological polar surface area (TPSA) is 93.7 Å². The van der Waals surface area contributed by atoms with Gasteiger partial charge in [0.25, 0.3) is 10.0 Å². The lowest BCUT2D eigenvalue weighted by Crippen LogP contribution is -2.28. The standard InChI is InChI=1S/C21H23F3N2O5S/c1-2-14-12-16(25-20(27)15-8-10-30-11-9-15)6-7-19(14)32(28,29)26-17-4-3-5-18(13-17)31-21(22,23)24/h3-7,12-13,15,26H,2,8-11H2,1H3,(H,25,27). The highest BCUT2D eigenvalue weighted by Crippen LogP contribution is 2.28. The van der Waals surface area contributed by atoms with Crippen molar-refractivity contribution in [2.45, 2.75) is 37.4 Å². The van der Waals surface area contributed by atoms with Crippen LogP contribution < -0.4 is 14.8 Å². The van der Waals surface area contributed by atoms with E-state index in [1.165, 1.54) is 24.3 Å². The van der Waals surface area contributed by atoms with E-state index >= 15 is 0 Å². The fourth-order valence-electron chi connectivity index (χ4n) is 3.37. The smallest absolute Gasteiger partial charge is 0.406 e. The summed E-state index contributed by atoms with van der Waals surface area (Å²) in [4.78, 5) is 12.4. The van der Waals surface area contributed by atoms with Crippen molar-refractivity contribution >= 4 is 27.3 Å². The van der Waals surface area contributed by atoms with Gasteiger partial charge in [-0.25, -0.2) is 8.42 Å². The van der Waals surface area contributed by atoms with Gasteiger partial charge in [-0.1, -0.05) is 13.0 Å². The summed E-state index contributed by atoms with van der Waals surface area (Å²) in [5.41, 5.74) is 0.841. The van der Waals surface area contributed by atoms with Crippen molar-refractivity contribution in [1.82, 2.24) is 0 Å². The van der Waals surface area contributed by atoms with E-state index in [9.17, 15) is 26.4 Å². The summed E-state index contributed by atoms with van der Waals surface area (Å²) in [6.07, 6.45) is -3.29. The van der Waals surface area contributed by atoms with Crippen molar-refractivity contribution in [3.8, 4) is 5.75 Å². The summed E-state index contributed by atoms with van der Waals surface area (Å²) >= 11 is 0. The number of hydrogen-bond acceptors (Lipinski definition) is 5. The Labute approximate surface area is 184 Å². The van der Waals surface area contributed by atoms with Crippen LogP contribution in [0.3, 0.4) is 0 Å². The van der Waals surface area contributed by atoms with Crippen molar-refractivity contribution in [2.75, 3.05) is 23.3 Å².